The molecule has 0 bridgehead atoms. The minimum atomic E-state index is -1.64. The number of phenolic OH excluding ortho intramolecular Hbond substituents is 1. The topological polar surface area (TPSA) is 425 Å². The van der Waals surface area contributed by atoms with Gasteiger partial charge in [0.2, 0.25) is 47.3 Å². The number of primary amides is 2. The van der Waals surface area contributed by atoms with Gasteiger partial charge in [-0.3, -0.25) is 49.2 Å². The number of aliphatic hydroxyl groups excluding tert-OH is 1. The maximum absolute atomic E-state index is 14.1. The molecule has 24 heteroatoms. The smallest absolute Gasteiger partial charge is 0.245 e. The van der Waals surface area contributed by atoms with Gasteiger partial charge in [0.1, 0.15) is 42.0 Å². The Bertz CT molecular complexity index is 1830. The van der Waals surface area contributed by atoms with Crippen LogP contribution < -0.4 is 65.5 Å². The van der Waals surface area contributed by atoms with Crippen LogP contribution >= 0.6 is 0 Å². The third-order valence-electron chi connectivity index (χ3n) is 10.2. The van der Waals surface area contributed by atoms with E-state index in [-0.39, 0.29) is 81.1 Å². The van der Waals surface area contributed by atoms with Crippen molar-refractivity contribution in [2.45, 2.75) is 135 Å². The number of benzene rings is 1. The van der Waals surface area contributed by atoms with Crippen molar-refractivity contribution in [1.82, 2.24) is 42.5 Å². The molecule has 0 aliphatic heterocycles. The van der Waals surface area contributed by atoms with Gasteiger partial charge in [0.15, 0.2) is 11.9 Å². The van der Waals surface area contributed by atoms with Gasteiger partial charge in [0, 0.05) is 31.8 Å². The number of carbonyl (C=O) groups excluding carboxylic acids is 8. The lowest BCUT2D eigenvalue weighted by molar-refractivity contribution is -0.137. The first-order chi connectivity index (χ1) is 30.8. The molecular formula is C42H72N14O10. The summed E-state index contributed by atoms with van der Waals surface area (Å²) in [6, 6.07) is -2.63. The molecule has 0 aromatic heterocycles. The quantitative estimate of drug-likeness (QED) is 0.0206. The third-order valence-corrected chi connectivity index (χ3v) is 10.2. The average molecular weight is 933 g/mol. The number of nitrogens with two attached hydrogens (primary N) is 4. The van der Waals surface area contributed by atoms with Crippen molar-refractivity contribution < 1.29 is 48.6 Å². The zero-order chi connectivity index (χ0) is 50.3. The average Bonchev–Trinajstić information content (AvgIpc) is 3.21. The highest BCUT2D eigenvalue weighted by atomic mass is 16.3. The van der Waals surface area contributed by atoms with Crippen molar-refractivity contribution in [2.75, 3.05) is 13.1 Å². The SMILES string of the molecule is CC(C)C[C@H](C)C(=O)N[C@H](C(=O)N[C@H](C(=O)N[C@@H](CCCNC(=N)N)C(=O)N[C@@H](CCC(N)=O)C(=O)N[C@@H](CCCNC(=N)N)C(=O)N[C@H](Cc1ccc(O)cc1)C(N)=O)[C@@H](C)O)C(C)C. The normalized spacial score (nSPS) is 14.7. The number of hydrogen-bond donors (Lipinski definition) is 16. The standard InChI is InChI=1S/C42H72N14O10/c1-21(2)19-23(5)35(61)55-32(22(3)4)39(65)56-33(24(6)57)40(66)53-28(10-8-18-50-42(47)48)36(62)52-29(15-16-31(43)59)38(64)51-27(9-7-17-49-41(45)46)37(63)54-30(34(44)60)20-25-11-13-26(58)14-12-25/h11-14,21-24,27-30,32-33,57-58H,7-10,15-20H2,1-6H3,(H2,43,59)(H2,44,60)(H,51,64)(H,52,62)(H,53,66)(H,54,63)(H,55,61)(H,56,65)(H4,45,46,49)(H4,47,48,50)/t23-,24+,27-,28-,29-,30+,32-,33-/m0/s1. The van der Waals surface area contributed by atoms with Crippen molar-refractivity contribution in [3.05, 3.63) is 29.8 Å². The predicted molar refractivity (Wildman–Crippen MR) is 244 cm³/mol. The van der Waals surface area contributed by atoms with E-state index in [1.54, 1.807) is 20.8 Å². The highest BCUT2D eigenvalue weighted by molar-refractivity contribution is 5.97. The molecule has 0 heterocycles. The Kier molecular flexibility index (Phi) is 25.1. The molecule has 0 aliphatic carbocycles. The molecule has 8 amide bonds. The molecule has 0 spiro atoms. The largest absolute Gasteiger partial charge is 0.508 e. The van der Waals surface area contributed by atoms with E-state index < -0.39 is 102 Å². The maximum atomic E-state index is 14.1. The summed E-state index contributed by atoms with van der Waals surface area (Å²) in [4.78, 5) is 107. The number of carbonyl (C=O) groups is 8. The molecule has 0 radical (unpaired) electrons. The van der Waals surface area contributed by atoms with Gasteiger partial charge in [-0.1, -0.05) is 46.8 Å². The van der Waals surface area contributed by atoms with Crippen molar-refractivity contribution in [2.24, 2.45) is 40.7 Å². The van der Waals surface area contributed by atoms with E-state index >= 15 is 0 Å². The Hall–Kier alpha value is -6.72. The van der Waals surface area contributed by atoms with Crippen LogP contribution in [0.5, 0.6) is 5.75 Å². The molecule has 1 aromatic carbocycles. The van der Waals surface area contributed by atoms with Crippen molar-refractivity contribution in [3.63, 3.8) is 0 Å². The molecule has 0 aliphatic rings. The number of guanidine groups is 2. The summed E-state index contributed by atoms with van der Waals surface area (Å²) >= 11 is 0. The van der Waals surface area contributed by atoms with E-state index in [4.69, 9.17) is 33.8 Å². The number of nitrogens with one attached hydrogen (secondary N) is 10. The van der Waals surface area contributed by atoms with Gasteiger partial charge in [-0.15, -0.1) is 0 Å². The maximum Gasteiger partial charge on any atom is 0.245 e. The van der Waals surface area contributed by atoms with Gasteiger partial charge in [-0.05, 0) is 75.0 Å². The van der Waals surface area contributed by atoms with E-state index in [2.05, 4.69) is 42.5 Å². The van der Waals surface area contributed by atoms with E-state index in [9.17, 15) is 48.6 Å². The Balaban J connectivity index is 3.47. The number of aromatic hydroxyl groups is 1. The van der Waals surface area contributed by atoms with Crippen LogP contribution in [-0.2, 0) is 44.8 Å². The summed E-state index contributed by atoms with van der Waals surface area (Å²) in [6.07, 6.45) is -1.81. The van der Waals surface area contributed by atoms with E-state index in [1.165, 1.54) is 31.2 Å². The first-order valence-corrected chi connectivity index (χ1v) is 21.8. The summed E-state index contributed by atoms with van der Waals surface area (Å²) < 4.78 is 0. The van der Waals surface area contributed by atoms with Crippen molar-refractivity contribution in [3.8, 4) is 5.75 Å². The van der Waals surface area contributed by atoms with Crippen molar-refractivity contribution in [1.29, 1.82) is 10.8 Å². The second-order valence-electron chi connectivity index (χ2n) is 17.0. The summed E-state index contributed by atoms with van der Waals surface area (Å²) in [5.74, 6) is -8.11. The van der Waals surface area contributed by atoms with Crippen LogP contribution in [0.15, 0.2) is 24.3 Å². The van der Waals surface area contributed by atoms with Gasteiger partial charge < -0.3 is 75.7 Å². The summed E-state index contributed by atoms with van der Waals surface area (Å²) in [7, 11) is 0. The fourth-order valence-electron chi connectivity index (χ4n) is 6.61. The highest BCUT2D eigenvalue weighted by Gasteiger charge is 2.35. The molecule has 0 saturated heterocycles. The molecule has 370 valence electrons. The first-order valence-electron chi connectivity index (χ1n) is 21.8. The van der Waals surface area contributed by atoms with Crippen LogP contribution in [0.2, 0.25) is 0 Å². The summed E-state index contributed by atoms with van der Waals surface area (Å²) in [5.41, 5.74) is 22.3. The Labute approximate surface area is 385 Å². The Morgan fingerprint density at radius 3 is 1.41 bits per heavy atom. The predicted octanol–water partition coefficient (Wildman–Crippen LogP) is -3.16. The van der Waals surface area contributed by atoms with Crippen LogP contribution in [0.1, 0.15) is 92.1 Å². The number of aliphatic hydroxyl groups is 1. The lowest BCUT2D eigenvalue weighted by Crippen LogP contribution is -2.62. The third kappa shape index (κ3) is 22.3. The van der Waals surface area contributed by atoms with Gasteiger partial charge in [-0.25, -0.2) is 0 Å². The zero-order valence-electron chi connectivity index (χ0n) is 38.6. The monoisotopic (exact) mass is 933 g/mol. The molecule has 66 heavy (non-hydrogen) atoms. The zero-order valence-corrected chi connectivity index (χ0v) is 38.6. The van der Waals surface area contributed by atoms with E-state index in [1.807, 2.05) is 13.8 Å². The van der Waals surface area contributed by atoms with Gasteiger partial charge in [0.25, 0.3) is 0 Å². The van der Waals surface area contributed by atoms with E-state index in [0.29, 0.717) is 12.0 Å². The lowest BCUT2D eigenvalue weighted by Gasteiger charge is -2.29. The molecule has 8 atom stereocenters. The van der Waals surface area contributed by atoms with Crippen molar-refractivity contribution >= 4 is 59.2 Å². The number of phenols is 1. The minimum Gasteiger partial charge on any atom is -0.508 e. The van der Waals surface area contributed by atoms with Gasteiger partial charge in [-0.2, -0.15) is 0 Å². The van der Waals surface area contributed by atoms with Gasteiger partial charge >= 0.3 is 0 Å². The number of rotatable bonds is 30. The molecule has 1 rings (SSSR count). The van der Waals surface area contributed by atoms with Crippen LogP contribution in [0.3, 0.4) is 0 Å². The molecule has 0 unspecified atom stereocenters. The first kappa shape index (κ1) is 57.3. The van der Waals surface area contributed by atoms with Crippen LogP contribution in [0.25, 0.3) is 0 Å². The fraction of sp³-hybridized carbons (Fsp3) is 0.619. The second kappa shape index (κ2) is 28.9. The fourth-order valence-corrected chi connectivity index (χ4v) is 6.61. The van der Waals surface area contributed by atoms with E-state index in [0.717, 1.165) is 0 Å². The summed E-state index contributed by atoms with van der Waals surface area (Å²) in [5, 5.41) is 55.6. The highest BCUT2D eigenvalue weighted by Crippen LogP contribution is 2.14. The molecular weight excluding hydrogens is 861 g/mol. The Morgan fingerprint density at radius 1 is 0.576 bits per heavy atom. The molecule has 24 nitrogen and oxygen atoms in total. The Morgan fingerprint density at radius 2 is 1.00 bits per heavy atom. The number of amides is 8. The molecule has 20 N–H and O–H groups in total. The molecule has 1 aromatic rings. The van der Waals surface area contributed by atoms with Crippen LogP contribution in [-0.4, -0.2) is 125 Å². The molecule has 0 saturated carbocycles. The van der Waals surface area contributed by atoms with Gasteiger partial charge in [0.05, 0.1) is 6.10 Å². The second-order valence-corrected chi connectivity index (χ2v) is 17.0. The summed E-state index contributed by atoms with van der Waals surface area (Å²) in [6.45, 7) is 10.4. The molecule has 0 fully saturated rings. The van der Waals surface area contributed by atoms with Crippen LogP contribution in [0.4, 0.5) is 0 Å². The minimum absolute atomic E-state index is 0.0324. The number of hydrogen-bond acceptors (Lipinski definition) is 12. The van der Waals surface area contributed by atoms with Crippen LogP contribution in [0, 0.1) is 28.6 Å². The lowest BCUT2D eigenvalue weighted by atomic mass is 9.96.